The molecule has 2 rings (SSSR count). The molecule has 0 aliphatic carbocycles. The summed E-state index contributed by atoms with van der Waals surface area (Å²) in [4.78, 5) is 2.33. The van der Waals surface area contributed by atoms with Crippen LogP contribution in [0, 0.1) is 5.82 Å². The Morgan fingerprint density at radius 3 is 2.95 bits per heavy atom. The molecule has 0 spiro atoms. The van der Waals surface area contributed by atoms with E-state index in [9.17, 15) is 4.39 Å². The van der Waals surface area contributed by atoms with Crippen LogP contribution in [-0.4, -0.2) is 25.7 Å². The zero-order valence-corrected chi connectivity index (χ0v) is 12.1. The molecule has 1 aromatic carbocycles. The summed E-state index contributed by atoms with van der Waals surface area (Å²) in [5, 5.41) is 3.51. The fourth-order valence-electron chi connectivity index (χ4n) is 2.92. The molecule has 0 fully saturated rings. The maximum Gasteiger partial charge on any atom is 0.125 e. The first-order valence-corrected chi connectivity index (χ1v) is 7.51. The van der Waals surface area contributed by atoms with Crippen LogP contribution in [0.5, 0.6) is 0 Å². The van der Waals surface area contributed by atoms with E-state index in [0.29, 0.717) is 6.04 Å². The molecule has 0 aromatic heterocycles. The Balaban J connectivity index is 1.84. The van der Waals surface area contributed by atoms with E-state index in [1.165, 1.54) is 24.8 Å². The second kappa shape index (κ2) is 6.90. The van der Waals surface area contributed by atoms with Gasteiger partial charge in [-0.15, -0.1) is 0 Å². The first-order valence-electron chi connectivity index (χ1n) is 7.51. The summed E-state index contributed by atoms with van der Waals surface area (Å²) < 4.78 is 13.3. The van der Waals surface area contributed by atoms with Gasteiger partial charge in [0.25, 0.3) is 0 Å². The standard InChI is InChI=1S/C16H25FN2/c1-3-15(18-4-2)6-5-10-19-11-9-13-7-8-14(17)12-16(13)19/h7-8,12,15,18H,3-6,9-11H2,1-2H3. The van der Waals surface area contributed by atoms with Gasteiger partial charge in [-0.1, -0.05) is 19.9 Å². The molecule has 1 N–H and O–H groups in total. The van der Waals surface area contributed by atoms with Crippen molar-refractivity contribution in [2.45, 2.75) is 45.6 Å². The predicted molar refractivity (Wildman–Crippen MR) is 79.3 cm³/mol. The zero-order valence-electron chi connectivity index (χ0n) is 12.1. The number of anilines is 1. The molecule has 1 unspecified atom stereocenters. The molecular weight excluding hydrogens is 239 g/mol. The van der Waals surface area contributed by atoms with Gasteiger partial charge in [-0.2, -0.15) is 0 Å². The Hall–Kier alpha value is -1.09. The first kappa shape index (κ1) is 14.3. The van der Waals surface area contributed by atoms with Gasteiger partial charge in [0.05, 0.1) is 0 Å². The highest BCUT2D eigenvalue weighted by molar-refractivity contribution is 5.58. The number of hydrogen-bond donors (Lipinski definition) is 1. The highest BCUT2D eigenvalue weighted by Gasteiger charge is 2.19. The first-order chi connectivity index (χ1) is 9.24. The summed E-state index contributed by atoms with van der Waals surface area (Å²) in [5.74, 6) is -0.121. The molecule has 19 heavy (non-hydrogen) atoms. The van der Waals surface area contributed by atoms with E-state index in [1.54, 1.807) is 12.1 Å². The van der Waals surface area contributed by atoms with E-state index in [-0.39, 0.29) is 5.82 Å². The van der Waals surface area contributed by atoms with Gasteiger partial charge in [0, 0.05) is 24.8 Å². The summed E-state index contributed by atoms with van der Waals surface area (Å²) in [6, 6.07) is 5.81. The van der Waals surface area contributed by atoms with Crippen LogP contribution < -0.4 is 10.2 Å². The predicted octanol–water partition coefficient (Wildman–Crippen LogP) is 3.36. The molecule has 1 atom stereocenters. The fourth-order valence-corrected chi connectivity index (χ4v) is 2.92. The highest BCUT2D eigenvalue weighted by Crippen LogP contribution is 2.28. The molecule has 0 saturated heterocycles. The van der Waals surface area contributed by atoms with Crippen molar-refractivity contribution >= 4 is 5.69 Å². The van der Waals surface area contributed by atoms with Gasteiger partial charge in [-0.3, -0.25) is 0 Å². The van der Waals surface area contributed by atoms with Crippen LogP contribution in [0.4, 0.5) is 10.1 Å². The van der Waals surface area contributed by atoms with Crippen molar-refractivity contribution in [2.75, 3.05) is 24.5 Å². The lowest BCUT2D eigenvalue weighted by molar-refractivity contribution is 0.467. The second-order valence-corrected chi connectivity index (χ2v) is 5.32. The smallest absolute Gasteiger partial charge is 0.125 e. The Morgan fingerprint density at radius 2 is 2.21 bits per heavy atom. The third-order valence-corrected chi connectivity index (χ3v) is 4.01. The van der Waals surface area contributed by atoms with Crippen molar-refractivity contribution in [3.05, 3.63) is 29.6 Å². The molecule has 106 valence electrons. The number of nitrogens with zero attached hydrogens (tertiary/aromatic N) is 1. The van der Waals surface area contributed by atoms with Crippen molar-refractivity contribution in [1.82, 2.24) is 5.32 Å². The normalized spacial score (nSPS) is 15.6. The van der Waals surface area contributed by atoms with Crippen molar-refractivity contribution in [3.8, 4) is 0 Å². The Labute approximate surface area is 116 Å². The van der Waals surface area contributed by atoms with Gasteiger partial charge in [0.15, 0.2) is 0 Å². The molecule has 3 heteroatoms. The topological polar surface area (TPSA) is 15.3 Å². The zero-order chi connectivity index (χ0) is 13.7. The fraction of sp³-hybridized carbons (Fsp3) is 0.625. The quantitative estimate of drug-likeness (QED) is 0.812. The number of nitrogens with one attached hydrogen (secondary N) is 1. The summed E-state index contributed by atoms with van der Waals surface area (Å²) in [6.45, 7) is 7.50. The van der Waals surface area contributed by atoms with Crippen molar-refractivity contribution in [1.29, 1.82) is 0 Å². The minimum absolute atomic E-state index is 0.121. The summed E-state index contributed by atoms with van der Waals surface area (Å²) in [7, 11) is 0. The molecular formula is C16H25FN2. The maximum atomic E-state index is 13.3. The van der Waals surface area contributed by atoms with Crippen LogP contribution in [-0.2, 0) is 6.42 Å². The van der Waals surface area contributed by atoms with Crippen molar-refractivity contribution in [2.24, 2.45) is 0 Å². The summed E-state index contributed by atoms with van der Waals surface area (Å²) in [6.07, 6.45) is 4.60. The number of halogens is 1. The van der Waals surface area contributed by atoms with Gasteiger partial charge in [0.2, 0.25) is 0 Å². The average Bonchev–Trinajstić information content (AvgIpc) is 2.80. The number of hydrogen-bond acceptors (Lipinski definition) is 2. The van der Waals surface area contributed by atoms with Crippen LogP contribution >= 0.6 is 0 Å². The molecule has 2 nitrogen and oxygen atoms in total. The third kappa shape index (κ3) is 3.69. The molecule has 1 aliphatic heterocycles. The lowest BCUT2D eigenvalue weighted by Gasteiger charge is -2.21. The van der Waals surface area contributed by atoms with Crippen molar-refractivity contribution in [3.63, 3.8) is 0 Å². The van der Waals surface area contributed by atoms with E-state index in [2.05, 4.69) is 24.1 Å². The highest BCUT2D eigenvalue weighted by atomic mass is 19.1. The molecule has 1 heterocycles. The van der Waals surface area contributed by atoms with E-state index < -0.39 is 0 Å². The minimum atomic E-state index is -0.121. The van der Waals surface area contributed by atoms with Crippen LogP contribution in [0.1, 0.15) is 38.7 Å². The van der Waals surface area contributed by atoms with Crippen LogP contribution in [0.15, 0.2) is 18.2 Å². The maximum absolute atomic E-state index is 13.3. The Bertz CT molecular complexity index is 406. The molecule has 0 amide bonds. The monoisotopic (exact) mass is 264 g/mol. The molecule has 1 aromatic rings. The van der Waals surface area contributed by atoms with Gasteiger partial charge in [-0.05, 0) is 49.9 Å². The van der Waals surface area contributed by atoms with Crippen LogP contribution in [0.25, 0.3) is 0 Å². The van der Waals surface area contributed by atoms with Gasteiger partial charge in [-0.25, -0.2) is 4.39 Å². The molecule has 1 aliphatic rings. The Kier molecular flexibility index (Phi) is 5.20. The van der Waals surface area contributed by atoms with E-state index in [4.69, 9.17) is 0 Å². The largest absolute Gasteiger partial charge is 0.371 e. The summed E-state index contributed by atoms with van der Waals surface area (Å²) >= 11 is 0. The lowest BCUT2D eigenvalue weighted by Crippen LogP contribution is -2.30. The summed E-state index contributed by atoms with van der Waals surface area (Å²) in [5.41, 5.74) is 2.40. The average molecular weight is 264 g/mol. The van der Waals surface area contributed by atoms with Crippen LogP contribution in [0.3, 0.4) is 0 Å². The lowest BCUT2D eigenvalue weighted by atomic mass is 10.1. The van der Waals surface area contributed by atoms with E-state index in [0.717, 1.165) is 31.7 Å². The SMILES string of the molecule is CCNC(CC)CCCN1CCc2ccc(F)cc21. The molecule has 0 saturated carbocycles. The molecule has 0 bridgehead atoms. The van der Waals surface area contributed by atoms with Gasteiger partial charge < -0.3 is 10.2 Å². The number of fused-ring (bicyclic) bond motifs is 1. The van der Waals surface area contributed by atoms with E-state index in [1.807, 2.05) is 6.07 Å². The second-order valence-electron chi connectivity index (χ2n) is 5.32. The minimum Gasteiger partial charge on any atom is -0.371 e. The number of benzene rings is 1. The Morgan fingerprint density at radius 1 is 1.37 bits per heavy atom. The van der Waals surface area contributed by atoms with Gasteiger partial charge in [0.1, 0.15) is 5.82 Å². The van der Waals surface area contributed by atoms with E-state index >= 15 is 0 Å². The van der Waals surface area contributed by atoms with Crippen molar-refractivity contribution < 1.29 is 4.39 Å². The van der Waals surface area contributed by atoms with Gasteiger partial charge >= 0.3 is 0 Å². The molecule has 0 radical (unpaired) electrons. The number of rotatable bonds is 7. The third-order valence-electron chi connectivity index (χ3n) is 4.01. The van der Waals surface area contributed by atoms with Crippen LogP contribution in [0.2, 0.25) is 0 Å².